The van der Waals surface area contributed by atoms with Crippen LogP contribution in [0.4, 0.5) is 8.78 Å². The monoisotopic (exact) mass is 266 g/mol. The maximum Gasteiger partial charge on any atom is 0.134 e. The second kappa shape index (κ2) is 5.07. The minimum atomic E-state index is -0.512. The largest absolute Gasteiger partial charge is 0.206 e. The fourth-order valence-electron chi connectivity index (χ4n) is 1.94. The molecule has 3 heteroatoms. The third kappa shape index (κ3) is 2.25. The molecule has 0 unspecified atom stereocenters. The van der Waals surface area contributed by atoms with Crippen LogP contribution in [0.1, 0.15) is 25.3 Å². The predicted octanol–water partition coefficient (Wildman–Crippen LogP) is 5.41. The van der Waals surface area contributed by atoms with Crippen LogP contribution in [0.3, 0.4) is 0 Å². The van der Waals surface area contributed by atoms with Crippen LogP contribution in [0.15, 0.2) is 36.4 Å². The molecule has 0 amide bonds. The molecule has 0 bridgehead atoms. The minimum Gasteiger partial charge on any atom is -0.206 e. The molecule has 0 saturated carbocycles. The Bertz CT molecular complexity index is 556. The van der Waals surface area contributed by atoms with Crippen LogP contribution in [0, 0.1) is 11.6 Å². The van der Waals surface area contributed by atoms with Gasteiger partial charge in [-0.2, -0.15) is 0 Å². The van der Waals surface area contributed by atoms with Gasteiger partial charge in [-0.1, -0.05) is 49.7 Å². The lowest BCUT2D eigenvalue weighted by molar-refractivity contribution is 0.596. The van der Waals surface area contributed by atoms with E-state index in [2.05, 4.69) is 0 Å². The van der Waals surface area contributed by atoms with Crippen molar-refractivity contribution in [3.05, 3.63) is 58.6 Å². The van der Waals surface area contributed by atoms with Gasteiger partial charge in [0.1, 0.15) is 11.6 Å². The molecule has 2 rings (SSSR count). The summed E-state index contributed by atoms with van der Waals surface area (Å²) in [6, 6.07) is 9.32. The Morgan fingerprint density at radius 1 is 1.00 bits per heavy atom. The maximum atomic E-state index is 14.3. The van der Waals surface area contributed by atoms with Crippen LogP contribution in [0.2, 0.25) is 5.02 Å². The van der Waals surface area contributed by atoms with E-state index < -0.39 is 11.6 Å². The molecule has 0 radical (unpaired) electrons. The molecular weight excluding hydrogens is 254 g/mol. The molecule has 0 nitrogen and oxygen atoms in total. The fourth-order valence-corrected chi connectivity index (χ4v) is 2.21. The van der Waals surface area contributed by atoms with Crippen LogP contribution in [0.5, 0.6) is 0 Å². The van der Waals surface area contributed by atoms with Crippen LogP contribution >= 0.6 is 11.6 Å². The molecule has 0 aliphatic rings. The van der Waals surface area contributed by atoms with Crippen molar-refractivity contribution in [3.8, 4) is 11.1 Å². The summed E-state index contributed by atoms with van der Waals surface area (Å²) in [6.07, 6.45) is 0. The van der Waals surface area contributed by atoms with E-state index in [0.29, 0.717) is 5.56 Å². The SMILES string of the molecule is CC(C)c1cccc(-c2c(F)cccc2Cl)c1F. The predicted molar refractivity (Wildman–Crippen MR) is 70.9 cm³/mol. The molecule has 0 fully saturated rings. The number of halogens is 3. The Morgan fingerprint density at radius 2 is 1.67 bits per heavy atom. The van der Waals surface area contributed by atoms with Crippen molar-refractivity contribution in [1.82, 2.24) is 0 Å². The van der Waals surface area contributed by atoms with Crippen molar-refractivity contribution in [2.45, 2.75) is 19.8 Å². The average Bonchev–Trinajstić information content (AvgIpc) is 2.30. The molecular formula is C15H13ClF2. The van der Waals surface area contributed by atoms with Gasteiger partial charge in [-0.3, -0.25) is 0 Å². The summed E-state index contributed by atoms with van der Waals surface area (Å²) >= 11 is 5.96. The zero-order valence-electron chi connectivity index (χ0n) is 10.2. The van der Waals surface area contributed by atoms with Gasteiger partial charge in [0.15, 0.2) is 0 Å². The van der Waals surface area contributed by atoms with Gasteiger partial charge >= 0.3 is 0 Å². The molecule has 18 heavy (non-hydrogen) atoms. The first kappa shape index (κ1) is 13.0. The van der Waals surface area contributed by atoms with Crippen molar-refractivity contribution in [3.63, 3.8) is 0 Å². The van der Waals surface area contributed by atoms with Gasteiger partial charge in [-0.05, 0) is 23.6 Å². The molecule has 0 aromatic heterocycles. The van der Waals surface area contributed by atoms with E-state index in [1.807, 2.05) is 13.8 Å². The lowest BCUT2D eigenvalue weighted by Crippen LogP contribution is -1.97. The molecule has 2 aromatic rings. The summed E-state index contributed by atoms with van der Waals surface area (Å²) in [7, 11) is 0. The molecule has 0 aliphatic carbocycles. The summed E-state index contributed by atoms with van der Waals surface area (Å²) in [5, 5.41) is 0.217. The first-order valence-electron chi connectivity index (χ1n) is 5.75. The van der Waals surface area contributed by atoms with E-state index in [1.165, 1.54) is 12.1 Å². The van der Waals surface area contributed by atoms with Crippen LogP contribution in [-0.4, -0.2) is 0 Å². The van der Waals surface area contributed by atoms with Gasteiger partial charge in [0, 0.05) is 11.1 Å². The van der Waals surface area contributed by atoms with Gasteiger partial charge < -0.3 is 0 Å². The topological polar surface area (TPSA) is 0 Å². The molecule has 0 spiro atoms. The highest BCUT2D eigenvalue weighted by Crippen LogP contribution is 2.34. The van der Waals surface area contributed by atoms with Crippen molar-refractivity contribution < 1.29 is 8.78 Å². The third-order valence-electron chi connectivity index (χ3n) is 2.88. The van der Waals surface area contributed by atoms with E-state index in [1.54, 1.807) is 24.3 Å². The molecule has 0 N–H and O–H groups in total. The molecule has 2 aromatic carbocycles. The standard InChI is InChI=1S/C15H13ClF2/c1-9(2)10-5-3-6-11(15(10)18)14-12(16)7-4-8-13(14)17/h3-9H,1-2H3. The van der Waals surface area contributed by atoms with Crippen molar-refractivity contribution >= 4 is 11.6 Å². The van der Waals surface area contributed by atoms with Crippen LogP contribution < -0.4 is 0 Å². The smallest absolute Gasteiger partial charge is 0.134 e. The summed E-state index contributed by atoms with van der Waals surface area (Å²) in [4.78, 5) is 0. The summed E-state index contributed by atoms with van der Waals surface area (Å²) < 4.78 is 28.1. The van der Waals surface area contributed by atoms with Crippen LogP contribution in [-0.2, 0) is 0 Å². The summed E-state index contributed by atoms with van der Waals surface area (Å²) in [5.41, 5.74) is 0.898. The van der Waals surface area contributed by atoms with E-state index in [-0.39, 0.29) is 22.1 Å². The number of rotatable bonds is 2. The summed E-state index contributed by atoms with van der Waals surface area (Å²) in [6.45, 7) is 3.79. The lowest BCUT2D eigenvalue weighted by atomic mass is 9.96. The highest BCUT2D eigenvalue weighted by Gasteiger charge is 2.17. The van der Waals surface area contributed by atoms with Crippen molar-refractivity contribution in [1.29, 1.82) is 0 Å². The average molecular weight is 267 g/mol. The Hall–Kier alpha value is -1.41. The fraction of sp³-hybridized carbons (Fsp3) is 0.200. The Labute approximate surface area is 110 Å². The molecule has 0 heterocycles. The molecule has 94 valence electrons. The van der Waals surface area contributed by atoms with E-state index >= 15 is 0 Å². The summed E-state index contributed by atoms with van der Waals surface area (Å²) in [5.74, 6) is -0.877. The van der Waals surface area contributed by atoms with Gasteiger partial charge in [0.2, 0.25) is 0 Å². The highest BCUT2D eigenvalue weighted by molar-refractivity contribution is 6.33. The van der Waals surface area contributed by atoms with E-state index in [0.717, 1.165) is 0 Å². The van der Waals surface area contributed by atoms with Crippen molar-refractivity contribution in [2.24, 2.45) is 0 Å². The zero-order valence-corrected chi connectivity index (χ0v) is 10.9. The zero-order chi connectivity index (χ0) is 13.3. The van der Waals surface area contributed by atoms with Gasteiger partial charge in [-0.25, -0.2) is 8.78 Å². The second-order valence-corrected chi connectivity index (χ2v) is 4.87. The number of hydrogen-bond acceptors (Lipinski definition) is 0. The number of hydrogen-bond donors (Lipinski definition) is 0. The van der Waals surface area contributed by atoms with Crippen LogP contribution in [0.25, 0.3) is 11.1 Å². The molecule has 0 saturated heterocycles. The maximum absolute atomic E-state index is 14.3. The Morgan fingerprint density at radius 3 is 2.28 bits per heavy atom. The van der Waals surface area contributed by atoms with Gasteiger partial charge in [0.25, 0.3) is 0 Å². The normalized spacial score (nSPS) is 11.0. The molecule has 0 aliphatic heterocycles. The van der Waals surface area contributed by atoms with E-state index in [9.17, 15) is 8.78 Å². The van der Waals surface area contributed by atoms with Gasteiger partial charge in [0.05, 0.1) is 5.02 Å². The first-order chi connectivity index (χ1) is 8.52. The van der Waals surface area contributed by atoms with Gasteiger partial charge in [-0.15, -0.1) is 0 Å². The molecule has 0 atom stereocenters. The quantitative estimate of drug-likeness (QED) is 0.682. The Kier molecular flexibility index (Phi) is 3.67. The number of benzene rings is 2. The Balaban J connectivity index is 2.69. The minimum absolute atomic E-state index is 0.0375. The second-order valence-electron chi connectivity index (χ2n) is 4.46. The first-order valence-corrected chi connectivity index (χ1v) is 6.13. The van der Waals surface area contributed by atoms with Crippen molar-refractivity contribution in [2.75, 3.05) is 0 Å². The lowest BCUT2D eigenvalue weighted by Gasteiger charge is -2.12. The highest BCUT2D eigenvalue weighted by atomic mass is 35.5. The third-order valence-corrected chi connectivity index (χ3v) is 3.20. The van der Waals surface area contributed by atoms with E-state index in [4.69, 9.17) is 11.6 Å².